The average Bonchev–Trinajstić information content (AvgIpc) is 2.63. The van der Waals surface area contributed by atoms with Crippen LogP contribution in [-0.2, 0) is 9.09 Å². The first-order chi connectivity index (χ1) is 12.4. The van der Waals surface area contributed by atoms with Gasteiger partial charge in [-0.05, 0) is 30.7 Å². The van der Waals surface area contributed by atoms with E-state index in [1.807, 2.05) is 0 Å². The summed E-state index contributed by atoms with van der Waals surface area (Å²) < 4.78 is 27.9. The number of ether oxygens (including phenoxy) is 2. The van der Waals surface area contributed by atoms with E-state index in [1.54, 1.807) is 13.0 Å². The molecule has 0 fully saturated rings. The molecule has 0 spiro atoms. The lowest BCUT2D eigenvalue weighted by molar-refractivity contribution is 0.285. The second kappa shape index (κ2) is 8.66. The Labute approximate surface area is 150 Å². The van der Waals surface area contributed by atoms with Gasteiger partial charge in [-0.25, -0.2) is 9.97 Å². The summed E-state index contributed by atoms with van der Waals surface area (Å²) in [4.78, 5) is 18.3. The largest absolute Gasteiger partial charge is 0.502 e. The van der Waals surface area contributed by atoms with E-state index in [1.165, 1.54) is 44.9 Å². The summed E-state index contributed by atoms with van der Waals surface area (Å²) in [6.07, 6.45) is 4.32. The van der Waals surface area contributed by atoms with Crippen LogP contribution >= 0.6 is 7.60 Å². The van der Waals surface area contributed by atoms with Crippen molar-refractivity contribution in [2.45, 2.75) is 6.92 Å². The molecule has 140 valence electrons. The number of hydrogen-bond donors (Lipinski definition) is 3. The number of anilines is 1. The summed E-state index contributed by atoms with van der Waals surface area (Å²) >= 11 is 0. The molecule has 10 heteroatoms. The van der Waals surface area contributed by atoms with Gasteiger partial charge in [-0.15, -0.1) is 0 Å². The summed E-state index contributed by atoms with van der Waals surface area (Å²) in [5.41, 5.74) is 0.263. The Morgan fingerprint density at radius 3 is 2.31 bits per heavy atom. The molecule has 0 aliphatic rings. The van der Waals surface area contributed by atoms with Crippen molar-refractivity contribution in [2.24, 2.45) is 0 Å². The molecule has 2 rings (SSSR count). The van der Waals surface area contributed by atoms with Crippen molar-refractivity contribution in [3.05, 3.63) is 42.4 Å². The van der Waals surface area contributed by atoms with Crippen LogP contribution in [0.2, 0.25) is 0 Å². The van der Waals surface area contributed by atoms with Gasteiger partial charge >= 0.3 is 7.60 Å². The van der Waals surface area contributed by atoms with Crippen molar-refractivity contribution in [3.63, 3.8) is 0 Å². The van der Waals surface area contributed by atoms with E-state index in [-0.39, 0.29) is 40.7 Å². The predicted octanol–water partition coefficient (Wildman–Crippen LogP) is 2.83. The summed E-state index contributed by atoms with van der Waals surface area (Å²) in [6, 6.07) is 4.45. The van der Waals surface area contributed by atoms with Crippen molar-refractivity contribution < 1.29 is 28.6 Å². The van der Waals surface area contributed by atoms with Gasteiger partial charge in [0.05, 0.1) is 26.1 Å². The number of phenolic OH excluding ortho intramolecular Hbond substituents is 1. The van der Waals surface area contributed by atoms with Crippen LogP contribution in [0.1, 0.15) is 12.5 Å². The third kappa shape index (κ3) is 4.51. The Balaban J connectivity index is 2.55. The SMILES string of the molecule is CCOP(=O)(O)C(=CNc1ncccn1)c1cc(OC)c(O)c(OC)c1. The van der Waals surface area contributed by atoms with E-state index in [4.69, 9.17) is 14.0 Å². The van der Waals surface area contributed by atoms with Crippen LogP contribution in [0.3, 0.4) is 0 Å². The van der Waals surface area contributed by atoms with Crippen molar-refractivity contribution in [1.29, 1.82) is 0 Å². The van der Waals surface area contributed by atoms with Crippen LogP contribution in [0, 0.1) is 0 Å². The zero-order valence-corrected chi connectivity index (χ0v) is 15.4. The van der Waals surface area contributed by atoms with Gasteiger partial charge in [-0.2, -0.15) is 0 Å². The number of nitrogens with zero attached hydrogens (tertiary/aromatic N) is 2. The third-order valence-electron chi connectivity index (χ3n) is 3.29. The minimum absolute atomic E-state index is 0.0271. The van der Waals surface area contributed by atoms with E-state index in [2.05, 4.69) is 15.3 Å². The molecule has 0 radical (unpaired) electrons. The number of benzene rings is 1. The van der Waals surface area contributed by atoms with Gasteiger partial charge in [-0.3, -0.25) is 4.57 Å². The van der Waals surface area contributed by atoms with Gasteiger partial charge in [0.15, 0.2) is 11.5 Å². The standard InChI is InChI=1S/C16H20N3O6P/c1-4-25-26(21,22)14(10-19-16-17-6-5-7-18-16)11-8-12(23-2)15(20)13(9-11)24-3/h5-10,20H,4H2,1-3H3,(H,21,22)(H,17,18,19). The van der Waals surface area contributed by atoms with Crippen LogP contribution in [0.4, 0.5) is 5.95 Å². The molecule has 0 amide bonds. The van der Waals surface area contributed by atoms with Gasteiger partial charge in [0.1, 0.15) is 0 Å². The lowest BCUT2D eigenvalue weighted by atomic mass is 10.1. The first kappa shape index (κ1) is 19.7. The Morgan fingerprint density at radius 1 is 1.23 bits per heavy atom. The molecule has 0 aliphatic heterocycles. The maximum atomic E-state index is 12.7. The maximum absolute atomic E-state index is 12.7. The van der Waals surface area contributed by atoms with Gasteiger partial charge in [-0.1, -0.05) is 0 Å². The molecule has 3 N–H and O–H groups in total. The average molecular weight is 381 g/mol. The van der Waals surface area contributed by atoms with Crippen molar-refractivity contribution in [3.8, 4) is 17.2 Å². The van der Waals surface area contributed by atoms with Gasteiger partial charge in [0.2, 0.25) is 11.7 Å². The molecule has 2 aromatic rings. The van der Waals surface area contributed by atoms with Crippen LogP contribution in [0.5, 0.6) is 17.2 Å². The number of methoxy groups -OCH3 is 2. The highest BCUT2D eigenvalue weighted by atomic mass is 31.2. The van der Waals surface area contributed by atoms with E-state index < -0.39 is 7.60 Å². The highest BCUT2D eigenvalue weighted by Gasteiger charge is 2.29. The molecule has 1 heterocycles. The monoisotopic (exact) mass is 381 g/mol. The van der Waals surface area contributed by atoms with E-state index >= 15 is 0 Å². The second-order valence-corrected chi connectivity index (χ2v) is 6.69. The van der Waals surface area contributed by atoms with Gasteiger partial charge in [0.25, 0.3) is 0 Å². The quantitative estimate of drug-likeness (QED) is 0.592. The normalized spacial score (nSPS) is 13.8. The number of aromatic nitrogens is 2. The maximum Gasteiger partial charge on any atom is 0.360 e. The molecular weight excluding hydrogens is 361 g/mol. The molecule has 0 aliphatic carbocycles. The zero-order valence-electron chi connectivity index (χ0n) is 14.5. The molecule has 0 saturated heterocycles. The highest BCUT2D eigenvalue weighted by Crippen LogP contribution is 2.57. The van der Waals surface area contributed by atoms with E-state index in [9.17, 15) is 14.6 Å². The first-order valence-electron chi connectivity index (χ1n) is 7.60. The minimum Gasteiger partial charge on any atom is -0.502 e. The molecule has 0 saturated carbocycles. The number of nitrogens with one attached hydrogen (secondary N) is 1. The molecular formula is C16H20N3O6P. The van der Waals surface area contributed by atoms with E-state index in [0.29, 0.717) is 0 Å². The molecule has 1 atom stereocenters. The zero-order chi connectivity index (χ0) is 19.2. The second-order valence-electron chi connectivity index (χ2n) is 4.91. The third-order valence-corrected chi connectivity index (χ3v) is 4.89. The van der Waals surface area contributed by atoms with Gasteiger partial charge in [0, 0.05) is 18.6 Å². The minimum atomic E-state index is -4.19. The lowest BCUT2D eigenvalue weighted by Crippen LogP contribution is -2.00. The number of phenols is 1. The number of aromatic hydroxyl groups is 1. The van der Waals surface area contributed by atoms with Crippen LogP contribution in [0.25, 0.3) is 5.31 Å². The first-order valence-corrected chi connectivity index (χ1v) is 9.17. The molecule has 1 aromatic heterocycles. The van der Waals surface area contributed by atoms with Crippen LogP contribution in [-0.4, -0.2) is 40.8 Å². The fourth-order valence-electron chi connectivity index (χ4n) is 2.12. The molecule has 0 bridgehead atoms. The number of rotatable bonds is 8. The van der Waals surface area contributed by atoms with Crippen molar-refractivity contribution in [1.82, 2.24) is 9.97 Å². The summed E-state index contributed by atoms with van der Waals surface area (Å²) in [6.45, 7) is 1.63. The fraction of sp³-hybridized carbons (Fsp3) is 0.250. The molecule has 1 aromatic carbocycles. The summed E-state index contributed by atoms with van der Waals surface area (Å²) in [5.74, 6) is 0.177. The molecule has 9 nitrogen and oxygen atoms in total. The van der Waals surface area contributed by atoms with Crippen molar-refractivity contribution in [2.75, 3.05) is 26.1 Å². The highest BCUT2D eigenvalue weighted by molar-refractivity contribution is 7.64. The Hall–Kier alpha value is -2.61. The van der Waals surface area contributed by atoms with Crippen molar-refractivity contribution >= 4 is 18.9 Å². The summed E-state index contributed by atoms with van der Waals surface area (Å²) in [5, 5.41) is 12.7. The van der Waals surface area contributed by atoms with E-state index in [0.717, 1.165) is 0 Å². The molecule has 26 heavy (non-hydrogen) atoms. The predicted molar refractivity (Wildman–Crippen MR) is 96.3 cm³/mol. The van der Waals surface area contributed by atoms with Gasteiger partial charge < -0.3 is 29.3 Å². The Morgan fingerprint density at radius 2 is 1.81 bits per heavy atom. The van der Waals surface area contributed by atoms with Crippen LogP contribution in [0.15, 0.2) is 36.8 Å². The molecule has 1 unspecified atom stereocenters. The fourth-order valence-corrected chi connectivity index (χ4v) is 3.29. The smallest absolute Gasteiger partial charge is 0.360 e. The lowest BCUT2D eigenvalue weighted by Gasteiger charge is -2.17. The topological polar surface area (TPSA) is 123 Å². The number of hydrogen-bond acceptors (Lipinski definition) is 8. The summed E-state index contributed by atoms with van der Waals surface area (Å²) in [7, 11) is -1.47. The van der Waals surface area contributed by atoms with Crippen LogP contribution < -0.4 is 14.8 Å². The Kier molecular flexibility index (Phi) is 6.57. The Bertz CT molecular complexity index is 803.